The van der Waals surface area contributed by atoms with Crippen LogP contribution in [0.3, 0.4) is 0 Å². The van der Waals surface area contributed by atoms with Crippen LogP contribution in [0.15, 0.2) is 11.1 Å². The Morgan fingerprint density at radius 1 is 1.44 bits per heavy atom. The third kappa shape index (κ3) is 4.04. The first-order chi connectivity index (χ1) is 8.37. The van der Waals surface area contributed by atoms with Crippen molar-refractivity contribution in [2.75, 3.05) is 19.7 Å². The molecule has 100 valence electrons. The van der Waals surface area contributed by atoms with Gasteiger partial charge in [-0.3, -0.25) is 0 Å². The van der Waals surface area contributed by atoms with Crippen LogP contribution in [0.2, 0.25) is 0 Å². The average molecular weight is 252 g/mol. The first-order valence-electron chi connectivity index (χ1n) is 6.07. The van der Waals surface area contributed by atoms with Gasteiger partial charge in [0.2, 0.25) is 0 Å². The molecule has 0 aliphatic carbocycles. The fraction of sp³-hybridized carbons (Fsp3) is 0.692. The van der Waals surface area contributed by atoms with Crippen LogP contribution in [0.25, 0.3) is 0 Å². The number of nitrogens with zero attached hydrogens (tertiary/aromatic N) is 2. The number of hydrogen-bond acceptors (Lipinski definition) is 4. The predicted molar refractivity (Wildman–Crippen MR) is 66.8 cm³/mol. The summed E-state index contributed by atoms with van der Waals surface area (Å²) >= 11 is 0. The molecule has 1 heterocycles. The predicted octanol–water partition coefficient (Wildman–Crippen LogP) is 1.83. The van der Waals surface area contributed by atoms with Crippen LogP contribution in [-0.4, -0.2) is 41.4 Å². The summed E-state index contributed by atoms with van der Waals surface area (Å²) in [5.74, 6) is 0. The highest BCUT2D eigenvalue weighted by molar-refractivity contribution is 5.68. The van der Waals surface area contributed by atoms with Crippen LogP contribution < -0.4 is 0 Å². The molecule has 0 aromatic heterocycles. The van der Waals surface area contributed by atoms with Gasteiger partial charge < -0.3 is 14.7 Å². The van der Waals surface area contributed by atoms with Crippen molar-refractivity contribution >= 4 is 6.09 Å². The second kappa shape index (κ2) is 5.87. The van der Waals surface area contributed by atoms with Crippen molar-refractivity contribution < 1.29 is 14.6 Å². The first-order valence-corrected chi connectivity index (χ1v) is 6.07. The monoisotopic (exact) mass is 252 g/mol. The lowest BCUT2D eigenvalue weighted by Gasteiger charge is -2.31. The zero-order chi connectivity index (χ0) is 13.8. The summed E-state index contributed by atoms with van der Waals surface area (Å²) in [7, 11) is 0. The fourth-order valence-corrected chi connectivity index (χ4v) is 1.81. The molecule has 0 aromatic carbocycles. The Hall–Kier alpha value is -1.54. The van der Waals surface area contributed by atoms with Crippen molar-refractivity contribution in [2.24, 2.45) is 0 Å². The van der Waals surface area contributed by atoms with Crippen LogP contribution in [0.5, 0.6) is 0 Å². The molecule has 0 atom stereocenters. The highest BCUT2D eigenvalue weighted by Crippen LogP contribution is 2.21. The van der Waals surface area contributed by atoms with E-state index in [1.807, 2.05) is 26.8 Å². The molecule has 1 rings (SSSR count). The minimum absolute atomic E-state index is 0.224. The van der Waals surface area contributed by atoms with E-state index in [0.717, 1.165) is 5.57 Å². The molecule has 5 nitrogen and oxygen atoms in total. The number of piperidine rings is 1. The molecule has 0 radical (unpaired) electrons. The van der Waals surface area contributed by atoms with Crippen molar-refractivity contribution in [2.45, 2.75) is 39.2 Å². The number of carbonyl (C=O) groups excluding carboxylic acids is 1. The van der Waals surface area contributed by atoms with Crippen molar-refractivity contribution in [3.05, 3.63) is 11.1 Å². The third-order valence-corrected chi connectivity index (χ3v) is 2.74. The Labute approximate surface area is 108 Å². The summed E-state index contributed by atoms with van der Waals surface area (Å²) < 4.78 is 5.28. The third-order valence-electron chi connectivity index (χ3n) is 2.74. The minimum Gasteiger partial charge on any atom is -0.444 e. The van der Waals surface area contributed by atoms with Crippen LogP contribution in [-0.2, 0) is 4.74 Å². The van der Waals surface area contributed by atoms with E-state index in [0.29, 0.717) is 31.5 Å². The van der Waals surface area contributed by atoms with Gasteiger partial charge in [-0.05, 0) is 33.6 Å². The average Bonchev–Trinajstić information content (AvgIpc) is 2.29. The van der Waals surface area contributed by atoms with Gasteiger partial charge in [0.15, 0.2) is 0 Å². The van der Waals surface area contributed by atoms with Crippen molar-refractivity contribution in [3.8, 4) is 6.07 Å². The molecule has 1 amide bonds. The van der Waals surface area contributed by atoms with Gasteiger partial charge in [0.1, 0.15) is 5.60 Å². The quantitative estimate of drug-likeness (QED) is 0.722. The molecule has 0 unspecified atom stereocenters. The van der Waals surface area contributed by atoms with Gasteiger partial charge in [-0.1, -0.05) is 5.57 Å². The van der Waals surface area contributed by atoms with Gasteiger partial charge in [0.05, 0.1) is 18.2 Å². The molecule has 0 saturated carbocycles. The summed E-state index contributed by atoms with van der Waals surface area (Å²) in [6.07, 6.45) is 0.940. The molecular weight excluding hydrogens is 232 g/mol. The lowest BCUT2D eigenvalue weighted by molar-refractivity contribution is 0.0236. The number of aliphatic hydroxyl groups excluding tert-OH is 1. The fourth-order valence-electron chi connectivity index (χ4n) is 1.81. The lowest BCUT2D eigenvalue weighted by Crippen LogP contribution is -2.40. The van der Waals surface area contributed by atoms with E-state index in [-0.39, 0.29) is 12.7 Å². The Morgan fingerprint density at radius 2 is 2.00 bits per heavy atom. The SMILES string of the molecule is CC(C)(C)OC(=O)N1CCC(=C(C#N)CO)CC1. The number of carbonyl (C=O) groups is 1. The molecule has 18 heavy (non-hydrogen) atoms. The molecule has 0 spiro atoms. The van der Waals surface area contributed by atoms with Crippen LogP contribution >= 0.6 is 0 Å². The van der Waals surface area contributed by atoms with Gasteiger partial charge >= 0.3 is 6.09 Å². The Kier molecular flexibility index (Phi) is 4.74. The topological polar surface area (TPSA) is 73.6 Å². The molecule has 1 saturated heterocycles. The van der Waals surface area contributed by atoms with Crippen LogP contribution in [0, 0.1) is 11.3 Å². The van der Waals surface area contributed by atoms with E-state index in [2.05, 4.69) is 0 Å². The summed E-state index contributed by atoms with van der Waals surface area (Å²) in [5.41, 5.74) is 0.884. The van der Waals surface area contributed by atoms with Gasteiger partial charge in [0.25, 0.3) is 0 Å². The summed E-state index contributed by atoms with van der Waals surface area (Å²) in [6.45, 7) is 6.35. The number of rotatable bonds is 1. The normalized spacial score (nSPS) is 16.2. The summed E-state index contributed by atoms with van der Waals surface area (Å²) in [5, 5.41) is 17.9. The van der Waals surface area contributed by atoms with Crippen LogP contribution in [0.4, 0.5) is 4.79 Å². The highest BCUT2D eigenvalue weighted by Gasteiger charge is 2.25. The first kappa shape index (κ1) is 14.5. The number of aliphatic hydroxyl groups is 1. The maximum Gasteiger partial charge on any atom is 0.410 e. The molecule has 1 aliphatic rings. The zero-order valence-electron chi connectivity index (χ0n) is 11.2. The highest BCUT2D eigenvalue weighted by atomic mass is 16.6. The van der Waals surface area contributed by atoms with Crippen LogP contribution in [0.1, 0.15) is 33.6 Å². The minimum atomic E-state index is -0.490. The Bertz CT molecular complexity index is 378. The van der Waals surface area contributed by atoms with E-state index in [4.69, 9.17) is 15.1 Å². The van der Waals surface area contributed by atoms with Crippen molar-refractivity contribution in [3.63, 3.8) is 0 Å². The molecule has 1 fully saturated rings. The van der Waals surface area contributed by atoms with Gasteiger partial charge in [0, 0.05) is 13.1 Å². The number of nitriles is 1. The molecule has 5 heteroatoms. The second-order valence-electron chi connectivity index (χ2n) is 5.32. The number of ether oxygens (including phenoxy) is 1. The van der Waals surface area contributed by atoms with Gasteiger partial charge in [-0.15, -0.1) is 0 Å². The Morgan fingerprint density at radius 3 is 2.39 bits per heavy atom. The molecule has 0 aromatic rings. The lowest BCUT2D eigenvalue weighted by atomic mass is 9.99. The number of hydrogen-bond donors (Lipinski definition) is 1. The molecule has 0 bridgehead atoms. The smallest absolute Gasteiger partial charge is 0.410 e. The van der Waals surface area contributed by atoms with E-state index in [9.17, 15) is 4.79 Å². The molecule has 1 aliphatic heterocycles. The second-order valence-corrected chi connectivity index (χ2v) is 5.32. The number of likely N-dealkylation sites (tertiary alicyclic amines) is 1. The van der Waals surface area contributed by atoms with Gasteiger partial charge in [-0.2, -0.15) is 5.26 Å². The van der Waals surface area contributed by atoms with Crippen molar-refractivity contribution in [1.29, 1.82) is 5.26 Å². The molecule has 1 N–H and O–H groups in total. The van der Waals surface area contributed by atoms with E-state index in [1.54, 1.807) is 4.90 Å². The van der Waals surface area contributed by atoms with Gasteiger partial charge in [-0.25, -0.2) is 4.79 Å². The standard InChI is InChI=1S/C13H20N2O3/c1-13(2,3)18-12(17)15-6-4-10(5-7-15)11(8-14)9-16/h16H,4-7,9H2,1-3H3. The number of amides is 1. The summed E-state index contributed by atoms with van der Waals surface area (Å²) in [6, 6.07) is 2.00. The van der Waals surface area contributed by atoms with Crippen molar-refractivity contribution in [1.82, 2.24) is 4.90 Å². The maximum absolute atomic E-state index is 11.8. The molecular formula is C13H20N2O3. The van der Waals surface area contributed by atoms with E-state index >= 15 is 0 Å². The maximum atomic E-state index is 11.8. The zero-order valence-corrected chi connectivity index (χ0v) is 11.2. The van der Waals surface area contributed by atoms with E-state index < -0.39 is 5.60 Å². The Balaban J connectivity index is 2.57. The summed E-state index contributed by atoms with van der Waals surface area (Å²) in [4.78, 5) is 13.4. The largest absolute Gasteiger partial charge is 0.444 e. The van der Waals surface area contributed by atoms with E-state index in [1.165, 1.54) is 0 Å².